The third-order valence-electron chi connectivity index (χ3n) is 26.7. The highest BCUT2D eigenvalue weighted by atomic mass is 33.1. The van der Waals surface area contributed by atoms with Gasteiger partial charge in [0, 0.05) is 169 Å². The van der Waals surface area contributed by atoms with E-state index in [1.807, 2.05) is 55.2 Å². The minimum Gasteiger partial charge on any atom is -0.496 e. The number of carbonyl (C=O) groups is 13. The number of Topliss-reactive ketones (excluding diaryl/α,β-unsaturated/α-hetero) is 4. The van der Waals surface area contributed by atoms with E-state index in [4.69, 9.17) is 18.9 Å². The number of aromatic nitrogens is 3. The van der Waals surface area contributed by atoms with Crippen molar-refractivity contribution in [3.05, 3.63) is 124 Å². The first-order valence-corrected chi connectivity index (χ1v) is 49.3. The number of aliphatic hydroxyl groups is 3. The number of aryl methyl sites for hydroxylation is 2. The number of H-pyrrole nitrogens is 1. The predicted molar refractivity (Wildman–Crippen MR) is 491 cm³/mol. The van der Waals surface area contributed by atoms with Crippen LogP contribution in [0.15, 0.2) is 84.0 Å². The summed E-state index contributed by atoms with van der Waals surface area (Å²) in [6.07, 6.45) is 5.81. The van der Waals surface area contributed by atoms with Crippen LogP contribution in [0.2, 0.25) is 0 Å². The van der Waals surface area contributed by atoms with Gasteiger partial charge in [-0.1, -0.05) is 119 Å². The Balaban J connectivity index is 0.527. The van der Waals surface area contributed by atoms with Gasteiger partial charge in [0.25, 0.3) is 12.4 Å². The van der Waals surface area contributed by atoms with Gasteiger partial charge >= 0.3 is 24.0 Å². The van der Waals surface area contributed by atoms with E-state index in [0.717, 1.165) is 38.9 Å². The number of aliphatic carboxylic acids is 2. The SMILES string of the molecule is CC[C@]1(O)C[C@H]2CN(CCc3c([nH]c4ccccc34)[C@@](COC=O)(c3cc4c(cc3OC)N(C)[C@H]3[C@@](O)(C(=O)NNC(=O)OCCCSSCCC(=O)NC[C@H](CC(=O)[C@H](C)NC(=O)[C@H](C)CC(=O)[C@H](C)NC(=O)CCSSCCOC(=O)CC[C@H](CC(=O)c5ccc(CCc6cnc7c(n6)C(=O)CC(C)=N7)cc5)C(=O)O)C(=O)O)[C@H](O)[C@]5(CC)C=CCN6CC[C@]43[C@@H]65)C2)C1. The number of nitrogens with zero attached hydrogens (tertiary/aromatic N) is 6. The molecule has 34 nitrogen and oxygen atoms in total. The van der Waals surface area contributed by atoms with Crippen LogP contribution in [0, 0.1) is 29.1 Å². The maximum Gasteiger partial charge on any atom is 0.426 e. The second-order valence-corrected chi connectivity index (χ2v) is 40.7. The van der Waals surface area contributed by atoms with Crippen molar-refractivity contribution in [1.82, 2.24) is 51.6 Å². The predicted octanol–water partition coefficient (Wildman–Crippen LogP) is 7.87. The van der Waals surface area contributed by atoms with E-state index < -0.39 is 147 Å². The lowest BCUT2D eigenvalue weighted by atomic mass is 9.47. The monoisotopic (exact) mass is 1870 g/mol. The number of benzene rings is 3. The Kier molecular flexibility index (Phi) is 33.4. The van der Waals surface area contributed by atoms with Crippen LogP contribution in [0.3, 0.4) is 0 Å². The third kappa shape index (κ3) is 22.1. The Hall–Kier alpha value is -9.80. The molecule has 5 aromatic rings. The van der Waals surface area contributed by atoms with Gasteiger partial charge in [0.1, 0.15) is 25.1 Å². The van der Waals surface area contributed by atoms with Crippen LogP contribution in [-0.2, 0) is 92.2 Å². The average molecular weight is 1870 g/mol. The number of aliphatic hydroxyl groups excluding tert-OH is 1. The molecule has 1 aliphatic carbocycles. The maximum absolute atomic E-state index is 15.2. The molecule has 3 fully saturated rings. The highest BCUT2D eigenvalue weighted by Crippen LogP contribution is 2.68. The number of hydrogen-bond acceptors (Lipinski definition) is 30. The molecule has 0 radical (unpaired) electrons. The van der Waals surface area contributed by atoms with E-state index in [9.17, 15) is 83.1 Å². The molecule has 11 N–H and O–H groups in total. The number of aromatic amines is 1. The van der Waals surface area contributed by atoms with Gasteiger partial charge in [0.2, 0.25) is 17.7 Å². The zero-order chi connectivity index (χ0) is 93.6. The van der Waals surface area contributed by atoms with Crippen LogP contribution >= 0.6 is 43.2 Å². The second kappa shape index (κ2) is 43.7. The summed E-state index contributed by atoms with van der Waals surface area (Å²) in [7, 11) is 8.76. The molecule has 1 unspecified atom stereocenters. The standard InChI is InChI=1S/C92H118N12O22S4/c1-9-88(121)45-58-46-90(51-124-52-105,78-64(25-31-103(49-58)50-88)63-15-11-12-16-67(63)99-78)66-43-65-68(44-73(66)123-8)102(7)84-91(65)29-32-104-30-13-28-89(10-2,83(91)104)85(118)92(84,122)86(119)100-101-87(120)126-33-14-35-127-128-36-26-74(110)93-47-61(82(116)117)42-70(107)56(6)97-80(113)53(3)39-69(106)55(5)96-75(111)27-37-129-130-38-34-125-76(112)24-22-60(81(114)115)41-71(108)59-20-17-57(18-21-59)19-23-62-48-94-79-77(98-62)72(109)40-54(4)95-79/h11-13,15-18,20-21,28,43-44,48,52-53,55-56,58,60-61,83-85,99,118,121-122H,9-10,14,19,22-27,29-42,45-47,49-51H2,1-8H3,(H,93,110)(H,96,111)(H,97,113)(H,100,119)(H,101,120)(H,114,115)(H,116,117)/t53-,55+,56+,58-,60-,61+,83+,84-,85-,88+,89-,90+,91-,92+/m1/s1. The Bertz CT molecular complexity index is 5140. The number of fused-ring (bicyclic) bond motifs is 7. The Morgan fingerprint density at radius 3 is 2.22 bits per heavy atom. The van der Waals surface area contributed by atoms with Gasteiger partial charge in [-0.25, -0.2) is 25.2 Å². The summed E-state index contributed by atoms with van der Waals surface area (Å²) < 4.78 is 23.2. The number of ketones is 4. The molecular formula is C92H118N12O22S4. The van der Waals surface area contributed by atoms with Gasteiger partial charge in [-0.3, -0.25) is 72.8 Å². The molecule has 15 atom stereocenters. The number of nitrogens with one attached hydrogen (secondary N) is 6. The first-order chi connectivity index (χ1) is 62.2. The van der Waals surface area contributed by atoms with Crippen molar-refractivity contribution < 1.29 is 107 Å². The minimum atomic E-state index is -2.60. The fourth-order valence-electron chi connectivity index (χ4n) is 20.2. The molecule has 2 bridgehead atoms. The van der Waals surface area contributed by atoms with Crippen LogP contribution in [0.4, 0.5) is 16.3 Å². The van der Waals surface area contributed by atoms with Gasteiger partial charge in [-0.2, -0.15) is 0 Å². The van der Waals surface area contributed by atoms with Crippen molar-refractivity contribution in [3.63, 3.8) is 0 Å². The van der Waals surface area contributed by atoms with Crippen LogP contribution in [-0.4, -0.2) is 271 Å². The Morgan fingerprint density at radius 2 is 1.49 bits per heavy atom. The van der Waals surface area contributed by atoms with Gasteiger partial charge in [0.15, 0.2) is 40.2 Å². The van der Waals surface area contributed by atoms with Crippen molar-refractivity contribution in [2.24, 2.45) is 34.1 Å². The quantitative estimate of drug-likeness (QED) is 0.00258. The molecule has 2 saturated heterocycles. The second-order valence-electron chi connectivity index (χ2n) is 35.3. The molecule has 3 aromatic carbocycles. The van der Waals surface area contributed by atoms with Crippen LogP contribution in [0.1, 0.15) is 186 Å². The number of esters is 1. The summed E-state index contributed by atoms with van der Waals surface area (Å²) in [5, 5.41) is 67.4. The zero-order valence-electron chi connectivity index (χ0n) is 74.5. The number of para-hydroxylation sites is 1. The Morgan fingerprint density at radius 1 is 0.777 bits per heavy atom. The molecular weight excluding hydrogens is 1750 g/mol. The number of aliphatic imine (C=N–C) groups is 1. The topological polar surface area (TPSA) is 484 Å². The zero-order valence-corrected chi connectivity index (χ0v) is 77.8. The first-order valence-electron chi connectivity index (χ1n) is 44.3. The lowest BCUT2D eigenvalue weighted by Crippen LogP contribution is -2.82. The third-order valence-corrected chi connectivity index (χ3v) is 31.6. The van der Waals surface area contributed by atoms with Gasteiger partial charge < -0.3 is 70.3 Å². The summed E-state index contributed by atoms with van der Waals surface area (Å²) in [6.45, 7) is 13.0. The number of hydrogen-bond donors (Lipinski definition) is 11. The fourth-order valence-corrected chi connectivity index (χ4v) is 24.1. The van der Waals surface area contributed by atoms with Crippen molar-refractivity contribution >= 4 is 149 Å². The fraction of sp³-hybridized carbons (Fsp3) is 0.565. The number of methoxy groups -OCH3 is 1. The molecule has 6 aliphatic heterocycles. The molecule has 1 saturated carbocycles. The number of carboxylic acid groups (broad SMARTS) is 2. The van der Waals surface area contributed by atoms with Crippen molar-refractivity contribution in [3.8, 4) is 5.75 Å². The van der Waals surface area contributed by atoms with Crippen LogP contribution in [0.25, 0.3) is 10.9 Å². The molecule has 8 heterocycles. The summed E-state index contributed by atoms with van der Waals surface area (Å²) in [5.41, 5.74) is 5.66. The summed E-state index contributed by atoms with van der Waals surface area (Å²) in [5.74, 6) is -8.67. The van der Waals surface area contributed by atoms with Gasteiger partial charge in [0.05, 0.1) is 73.0 Å². The number of piperidine rings is 1. The molecule has 1 spiro atoms. The number of hydrazine groups is 1. The van der Waals surface area contributed by atoms with E-state index in [-0.39, 0.29) is 88.7 Å². The maximum atomic E-state index is 15.2. The summed E-state index contributed by atoms with van der Waals surface area (Å²) >= 11 is 0. The van der Waals surface area contributed by atoms with Crippen LogP contribution in [0.5, 0.6) is 5.75 Å². The lowest BCUT2D eigenvalue weighted by molar-refractivity contribution is -0.204. The molecule has 702 valence electrons. The van der Waals surface area contributed by atoms with E-state index >= 15 is 4.79 Å². The first kappa shape index (κ1) is 99.2. The minimum absolute atomic E-state index is 0.00814. The van der Waals surface area contributed by atoms with E-state index in [2.05, 4.69) is 68.7 Å². The van der Waals surface area contributed by atoms with Gasteiger partial charge in [-0.05, 0) is 126 Å². The number of amides is 5. The van der Waals surface area contributed by atoms with Crippen molar-refractivity contribution in [2.45, 2.75) is 203 Å². The lowest BCUT2D eigenvalue weighted by Gasteiger charge is -2.63. The van der Waals surface area contributed by atoms with Crippen molar-refractivity contribution in [1.29, 1.82) is 0 Å². The molecule has 38 heteroatoms. The normalized spacial score (nSPS) is 24.6. The number of ether oxygens (including phenoxy) is 4. The van der Waals surface area contributed by atoms with Crippen LogP contribution < -0.4 is 36.4 Å². The molecule has 5 amide bonds. The number of likely N-dealkylation sites (N-methyl/N-ethyl adjacent to an activating group) is 1. The Labute approximate surface area is 770 Å². The van der Waals surface area contributed by atoms with E-state index in [1.54, 1.807) is 51.5 Å². The smallest absolute Gasteiger partial charge is 0.426 e. The van der Waals surface area contributed by atoms with E-state index in [1.165, 1.54) is 63.9 Å². The molecule has 7 aliphatic rings. The highest BCUT2D eigenvalue weighted by Gasteiger charge is 2.79. The number of rotatable bonds is 45. The van der Waals surface area contributed by atoms with Crippen molar-refractivity contribution in [2.75, 3.05) is 101 Å². The van der Waals surface area contributed by atoms with Gasteiger partial charge in [-0.15, -0.1) is 0 Å². The highest BCUT2D eigenvalue weighted by molar-refractivity contribution is 8.77. The summed E-state index contributed by atoms with van der Waals surface area (Å²) in [4.78, 5) is 192. The molecule has 130 heavy (non-hydrogen) atoms. The van der Waals surface area contributed by atoms with E-state index in [0.29, 0.717) is 154 Å². The average Bonchev–Trinajstić information content (AvgIpc) is 1.47. The number of carbonyl (C=O) groups excluding carboxylic acids is 11. The molecule has 2 aromatic heterocycles. The number of carboxylic acids is 2. The molecule has 12 rings (SSSR count). The number of anilines is 1. The largest absolute Gasteiger partial charge is 0.496 e. The summed E-state index contributed by atoms with van der Waals surface area (Å²) in [6, 6.07) is 15.3.